The van der Waals surface area contributed by atoms with E-state index >= 15 is 0 Å². The Morgan fingerprint density at radius 3 is 1.97 bits per heavy atom. The summed E-state index contributed by atoms with van der Waals surface area (Å²) in [4.78, 5) is 51.3. The van der Waals surface area contributed by atoms with Gasteiger partial charge in [0.05, 0.1) is 28.7 Å². The maximum atomic E-state index is 13.3. The van der Waals surface area contributed by atoms with Gasteiger partial charge in [-0.3, -0.25) is 19.2 Å². The molecule has 3 N–H and O–H groups in total. The summed E-state index contributed by atoms with van der Waals surface area (Å²) in [6, 6.07) is 29.8. The van der Waals surface area contributed by atoms with Gasteiger partial charge in [-0.05, 0) is 148 Å². The molecule has 390 valence electrons. The Hall–Kier alpha value is -6.92. The Bertz CT molecular complexity index is 2870. The molecule has 3 fully saturated rings. The predicted molar refractivity (Wildman–Crippen MR) is 273 cm³/mol. The van der Waals surface area contributed by atoms with Crippen molar-refractivity contribution in [2.24, 2.45) is 23.2 Å². The molecule has 74 heavy (non-hydrogen) atoms. The first-order valence-corrected chi connectivity index (χ1v) is 25.3. The quantitative estimate of drug-likeness (QED) is 0.100. The van der Waals surface area contributed by atoms with E-state index in [4.69, 9.17) is 4.52 Å². The van der Waals surface area contributed by atoms with Crippen molar-refractivity contribution in [2.75, 3.05) is 18.4 Å². The van der Waals surface area contributed by atoms with Crippen molar-refractivity contribution in [3.8, 4) is 6.07 Å². The van der Waals surface area contributed by atoms with Crippen LogP contribution in [0, 0.1) is 47.2 Å². The number of aliphatic carboxylic acids is 1. The summed E-state index contributed by atoms with van der Waals surface area (Å²) in [6.07, 6.45) is 5.65. The van der Waals surface area contributed by atoms with Gasteiger partial charge in [0.15, 0.2) is 0 Å². The number of nitrogens with one attached hydrogen (secondary N) is 1. The number of likely N-dealkylation sites (tertiary alicyclic amines) is 1. The molecule has 2 atom stereocenters. The number of hydrogen-bond donors (Lipinski definition) is 3. The fraction of sp³-hybridized carbons (Fsp3) is 0.424. The van der Waals surface area contributed by atoms with Gasteiger partial charge < -0.3 is 25.0 Å². The number of hydrogen-bond acceptors (Lipinski definition) is 9. The van der Waals surface area contributed by atoms with E-state index in [9.17, 15) is 52.2 Å². The minimum atomic E-state index is -4.40. The monoisotopic (exact) mass is 1020 g/mol. The van der Waals surface area contributed by atoms with E-state index in [0.717, 1.165) is 87.7 Å². The highest BCUT2D eigenvalue weighted by Gasteiger charge is 2.50. The van der Waals surface area contributed by atoms with Gasteiger partial charge in [0, 0.05) is 35.0 Å². The van der Waals surface area contributed by atoms with E-state index in [-0.39, 0.29) is 28.7 Å². The van der Waals surface area contributed by atoms with Crippen molar-refractivity contribution in [3.05, 3.63) is 160 Å². The molecule has 3 aliphatic carbocycles. The number of anilines is 1. The van der Waals surface area contributed by atoms with E-state index in [1.807, 2.05) is 37.3 Å². The standard InChI is InChI=1S/C26H29FN2O2.C21H26O3.C12H9F3N2O2/c1-19-17-29(16-15-26(19,24(30)31)21-5-3-2-4-6-21)23-11-13-25(18-28,14-12-23)20-7-9-22(27)10-8-20;1-21(2,3)14-10-8-13(9-11-14)12-17-18(22)15-6-4-5-7-16(15)19(23)20(17)24;1-7-10(6-16-19-7)11(18)17-9-4-2-8(3-5-9)12(13,14)15/h2-10,19,23H,11-17H2,1H3,(H,30,31);4-7,13-14,22H,8-12H2,1-3H3;2-6H,1H3,(H,17,18)/t19-,23?,25?,26-;;/m1../s1. The fourth-order valence-electron chi connectivity index (χ4n) is 11.4. The predicted octanol–water partition coefficient (Wildman–Crippen LogP) is 13.1. The minimum Gasteiger partial charge on any atom is -0.507 e. The lowest BCUT2D eigenvalue weighted by Crippen LogP contribution is -2.56. The largest absolute Gasteiger partial charge is 0.507 e. The molecule has 11 nitrogen and oxygen atoms in total. The number of allylic oxidation sites excluding steroid dienone is 1. The van der Waals surface area contributed by atoms with Crippen molar-refractivity contribution in [1.29, 1.82) is 5.26 Å². The van der Waals surface area contributed by atoms with Crippen molar-refractivity contribution < 1.29 is 51.5 Å². The lowest BCUT2D eigenvalue weighted by atomic mass is 9.65. The number of benzene rings is 4. The molecule has 2 saturated carbocycles. The summed E-state index contributed by atoms with van der Waals surface area (Å²) in [6.45, 7) is 11.9. The van der Waals surface area contributed by atoms with Crippen molar-refractivity contribution in [3.63, 3.8) is 0 Å². The summed E-state index contributed by atoms with van der Waals surface area (Å²) in [5.41, 5.74) is 1.57. The average molecular weight is 1020 g/mol. The molecular formula is C59H64F4N4O7. The number of carboxylic acid groups (broad SMARTS) is 1. The topological polar surface area (TPSA) is 174 Å². The number of aromatic nitrogens is 1. The number of amides is 1. The smallest absolute Gasteiger partial charge is 0.416 e. The van der Waals surface area contributed by atoms with Crippen LogP contribution in [0.1, 0.15) is 141 Å². The second-order valence-electron chi connectivity index (χ2n) is 21.4. The van der Waals surface area contributed by atoms with Gasteiger partial charge in [0.2, 0.25) is 11.6 Å². The number of aryl methyl sites for hydroxylation is 1. The Morgan fingerprint density at radius 1 is 0.824 bits per heavy atom. The first-order chi connectivity index (χ1) is 35.1. The molecular weight excluding hydrogens is 953 g/mol. The van der Waals surface area contributed by atoms with E-state index in [1.54, 1.807) is 43.3 Å². The first-order valence-electron chi connectivity index (χ1n) is 25.3. The third-order valence-electron chi connectivity index (χ3n) is 16.0. The van der Waals surface area contributed by atoms with E-state index in [2.05, 4.69) is 42.2 Å². The Morgan fingerprint density at radius 2 is 1.43 bits per heavy atom. The number of fused-ring (bicyclic) bond motifs is 1. The van der Waals surface area contributed by atoms with E-state index in [0.29, 0.717) is 58.6 Å². The number of nitrogens with zero attached hydrogens (tertiary/aromatic N) is 3. The third kappa shape index (κ3) is 12.0. The number of piperidine rings is 1. The van der Waals surface area contributed by atoms with Crippen LogP contribution in [0.2, 0.25) is 0 Å². The fourth-order valence-corrected chi connectivity index (χ4v) is 11.4. The number of nitriles is 1. The molecule has 1 amide bonds. The van der Waals surface area contributed by atoms with Gasteiger partial charge in [0.25, 0.3) is 5.91 Å². The molecule has 5 aromatic rings. The number of carboxylic acids is 1. The summed E-state index contributed by atoms with van der Waals surface area (Å²) >= 11 is 0. The Kier molecular flexibility index (Phi) is 16.8. The molecule has 0 bridgehead atoms. The van der Waals surface area contributed by atoms with Crippen molar-refractivity contribution in [2.45, 2.75) is 122 Å². The van der Waals surface area contributed by atoms with Crippen LogP contribution in [-0.2, 0) is 26.6 Å². The number of rotatable bonds is 8. The Labute approximate surface area is 429 Å². The SMILES string of the molecule is CC(C)(C)C1CCC(CC2=C(O)c3ccccc3C(=O)C2=O)CC1.C[C@@H]1CN(C2CCC(C#N)(c3ccc(F)cc3)CC2)CC[C@]1(C(=O)O)c1ccccc1.Cc1oncc1C(=O)Nc1ccc(C(F)(F)F)cc1. The number of carbonyl (C=O) groups excluding carboxylic acids is 3. The van der Waals surface area contributed by atoms with Gasteiger partial charge in [-0.15, -0.1) is 0 Å². The van der Waals surface area contributed by atoms with E-state index < -0.39 is 46.0 Å². The number of aliphatic hydroxyl groups is 1. The number of aliphatic hydroxyl groups excluding tert-OH is 1. The zero-order valence-electron chi connectivity index (χ0n) is 42.5. The average Bonchev–Trinajstić information content (AvgIpc) is 3.83. The summed E-state index contributed by atoms with van der Waals surface area (Å²) in [7, 11) is 0. The first kappa shape index (κ1) is 54.8. The second kappa shape index (κ2) is 22.7. The number of halogens is 4. The van der Waals surface area contributed by atoms with Gasteiger partial charge >= 0.3 is 12.1 Å². The van der Waals surface area contributed by atoms with E-state index in [1.165, 1.54) is 30.5 Å². The third-order valence-corrected chi connectivity index (χ3v) is 16.0. The highest BCUT2D eigenvalue weighted by Crippen LogP contribution is 2.46. The van der Waals surface area contributed by atoms with Crippen molar-refractivity contribution in [1.82, 2.24) is 10.1 Å². The van der Waals surface area contributed by atoms with Crippen LogP contribution in [0.5, 0.6) is 0 Å². The van der Waals surface area contributed by atoms with Crippen LogP contribution < -0.4 is 5.32 Å². The van der Waals surface area contributed by atoms with Gasteiger partial charge in [-0.25, -0.2) is 4.39 Å². The number of Topliss-reactive ketones (excluding diaryl/α,β-unsaturated/α-hetero) is 2. The molecule has 15 heteroatoms. The zero-order chi connectivity index (χ0) is 53.6. The van der Waals surface area contributed by atoms with Gasteiger partial charge in [0.1, 0.15) is 22.9 Å². The number of carbonyl (C=O) groups is 4. The van der Waals surface area contributed by atoms with Crippen LogP contribution in [0.25, 0.3) is 5.76 Å². The zero-order valence-corrected chi connectivity index (χ0v) is 42.5. The van der Waals surface area contributed by atoms with Gasteiger partial charge in [-0.2, -0.15) is 18.4 Å². The second-order valence-corrected chi connectivity index (χ2v) is 21.4. The van der Waals surface area contributed by atoms with Crippen LogP contribution in [-0.4, -0.2) is 62.8 Å². The van der Waals surface area contributed by atoms with Crippen LogP contribution >= 0.6 is 0 Å². The molecule has 0 spiro atoms. The molecule has 2 heterocycles. The highest BCUT2D eigenvalue weighted by atomic mass is 19.4. The lowest BCUT2D eigenvalue weighted by molar-refractivity contribution is -0.149. The summed E-state index contributed by atoms with van der Waals surface area (Å²) in [5, 5.41) is 36.5. The lowest BCUT2D eigenvalue weighted by Gasteiger charge is -2.48. The molecule has 0 unspecified atom stereocenters. The summed E-state index contributed by atoms with van der Waals surface area (Å²) < 4.78 is 55.1. The number of alkyl halides is 3. The van der Waals surface area contributed by atoms with Crippen LogP contribution in [0.4, 0.5) is 23.2 Å². The molecule has 0 radical (unpaired) electrons. The van der Waals surface area contributed by atoms with Crippen LogP contribution in [0.15, 0.2) is 119 Å². The molecule has 4 aliphatic rings. The molecule has 4 aromatic carbocycles. The maximum absolute atomic E-state index is 13.3. The molecule has 1 saturated heterocycles. The van der Waals surface area contributed by atoms with Crippen molar-refractivity contribution >= 4 is 34.9 Å². The Balaban J connectivity index is 0.000000167. The summed E-state index contributed by atoms with van der Waals surface area (Å²) in [5.74, 6) is -1.10. The van der Waals surface area contributed by atoms with Gasteiger partial charge in [-0.1, -0.05) is 99.6 Å². The normalized spacial score (nSPS) is 24.3. The molecule has 1 aromatic heterocycles. The highest BCUT2D eigenvalue weighted by molar-refractivity contribution is 6.52. The van der Waals surface area contributed by atoms with Crippen LogP contribution in [0.3, 0.4) is 0 Å². The maximum Gasteiger partial charge on any atom is 0.416 e. The molecule has 9 rings (SSSR count). The molecule has 1 aliphatic heterocycles. The minimum absolute atomic E-state index is 0.00754. The number of ketones is 2.